The maximum absolute atomic E-state index is 5.52. The van der Waals surface area contributed by atoms with Crippen molar-refractivity contribution in [3.8, 4) is 0 Å². The maximum Gasteiger partial charge on any atom is 0.0677 e. The standard InChI is InChI=1S/C8H19NO/c1-7(2)10-8(3)6-9(4)5/h7-8H,6H2,1-5H3/t8-/m0/s1. The predicted octanol–water partition coefficient (Wildman–Crippen LogP) is 1.36. The molecule has 2 nitrogen and oxygen atoms in total. The summed E-state index contributed by atoms with van der Waals surface area (Å²) in [5, 5.41) is 0. The molecule has 0 bridgehead atoms. The highest BCUT2D eigenvalue weighted by atomic mass is 16.5. The number of nitrogens with zero attached hydrogens (tertiary/aromatic N) is 1. The molecule has 1 atom stereocenters. The van der Waals surface area contributed by atoms with E-state index in [4.69, 9.17) is 4.74 Å². The van der Waals surface area contributed by atoms with Crippen LogP contribution in [-0.4, -0.2) is 37.7 Å². The van der Waals surface area contributed by atoms with Crippen LogP contribution in [0.25, 0.3) is 0 Å². The fourth-order valence-electron chi connectivity index (χ4n) is 1.02. The van der Waals surface area contributed by atoms with Crippen LogP contribution in [0.3, 0.4) is 0 Å². The zero-order valence-electron chi connectivity index (χ0n) is 7.72. The predicted molar refractivity (Wildman–Crippen MR) is 44.2 cm³/mol. The van der Waals surface area contributed by atoms with Crippen LogP contribution in [0.5, 0.6) is 0 Å². The van der Waals surface area contributed by atoms with Crippen LogP contribution in [0, 0.1) is 0 Å². The molecule has 0 aliphatic carbocycles. The van der Waals surface area contributed by atoms with E-state index in [0.29, 0.717) is 12.2 Å². The lowest BCUT2D eigenvalue weighted by Crippen LogP contribution is -2.27. The first-order valence-corrected chi connectivity index (χ1v) is 3.82. The first-order chi connectivity index (χ1) is 4.52. The molecular formula is C8H19NO. The van der Waals surface area contributed by atoms with Crippen molar-refractivity contribution in [2.45, 2.75) is 33.0 Å². The van der Waals surface area contributed by atoms with E-state index in [0.717, 1.165) is 6.54 Å². The first kappa shape index (κ1) is 9.92. The van der Waals surface area contributed by atoms with E-state index >= 15 is 0 Å². The molecule has 10 heavy (non-hydrogen) atoms. The molecule has 0 heterocycles. The van der Waals surface area contributed by atoms with Gasteiger partial charge in [-0.2, -0.15) is 0 Å². The Morgan fingerprint density at radius 2 is 1.70 bits per heavy atom. The Kier molecular flexibility index (Phi) is 4.65. The molecule has 0 aromatic heterocycles. The summed E-state index contributed by atoms with van der Waals surface area (Å²) in [6, 6.07) is 0. The second-order valence-corrected chi connectivity index (χ2v) is 3.26. The Hall–Kier alpha value is -0.0800. The van der Waals surface area contributed by atoms with Gasteiger partial charge < -0.3 is 9.64 Å². The third-order valence-corrected chi connectivity index (χ3v) is 1.13. The van der Waals surface area contributed by atoms with Gasteiger partial charge in [0.25, 0.3) is 0 Å². The Balaban J connectivity index is 3.34. The van der Waals surface area contributed by atoms with Crippen LogP contribution in [-0.2, 0) is 4.74 Å². The van der Waals surface area contributed by atoms with Crippen LogP contribution in [0.2, 0.25) is 0 Å². The molecular weight excluding hydrogens is 126 g/mol. The number of hydrogen-bond donors (Lipinski definition) is 0. The normalized spacial score (nSPS) is 14.7. The van der Waals surface area contributed by atoms with Gasteiger partial charge in [-0.05, 0) is 34.9 Å². The van der Waals surface area contributed by atoms with Gasteiger partial charge in [0.05, 0.1) is 12.2 Å². The van der Waals surface area contributed by atoms with Crippen LogP contribution in [0.15, 0.2) is 0 Å². The molecule has 0 aromatic carbocycles. The highest BCUT2D eigenvalue weighted by Gasteiger charge is 2.04. The lowest BCUT2D eigenvalue weighted by Gasteiger charge is -2.19. The summed E-state index contributed by atoms with van der Waals surface area (Å²) < 4.78 is 5.52. The number of likely N-dealkylation sites (N-methyl/N-ethyl adjacent to an activating group) is 1. The van der Waals surface area contributed by atoms with E-state index in [2.05, 4.69) is 39.8 Å². The zero-order valence-corrected chi connectivity index (χ0v) is 7.72. The van der Waals surface area contributed by atoms with Gasteiger partial charge in [0, 0.05) is 6.54 Å². The van der Waals surface area contributed by atoms with Crippen molar-refractivity contribution in [1.29, 1.82) is 0 Å². The lowest BCUT2D eigenvalue weighted by molar-refractivity contribution is 0.00608. The number of rotatable bonds is 4. The number of hydrogen-bond acceptors (Lipinski definition) is 2. The van der Waals surface area contributed by atoms with E-state index < -0.39 is 0 Å². The van der Waals surface area contributed by atoms with Crippen molar-refractivity contribution in [3.63, 3.8) is 0 Å². The Labute approximate surface area is 64.2 Å². The minimum absolute atomic E-state index is 0.343. The molecule has 0 aromatic rings. The second-order valence-electron chi connectivity index (χ2n) is 3.26. The highest BCUT2D eigenvalue weighted by Crippen LogP contribution is 1.97. The molecule has 0 fully saturated rings. The van der Waals surface area contributed by atoms with Crippen molar-refractivity contribution < 1.29 is 4.74 Å². The smallest absolute Gasteiger partial charge is 0.0677 e. The average Bonchev–Trinajstić information content (AvgIpc) is 1.58. The van der Waals surface area contributed by atoms with Crippen LogP contribution >= 0.6 is 0 Å². The molecule has 0 saturated carbocycles. The molecule has 0 radical (unpaired) electrons. The van der Waals surface area contributed by atoms with Crippen molar-refractivity contribution in [2.75, 3.05) is 20.6 Å². The van der Waals surface area contributed by atoms with Gasteiger partial charge in [-0.1, -0.05) is 0 Å². The summed E-state index contributed by atoms with van der Waals surface area (Å²) >= 11 is 0. The first-order valence-electron chi connectivity index (χ1n) is 3.82. The Morgan fingerprint density at radius 3 is 2.00 bits per heavy atom. The van der Waals surface area contributed by atoms with Gasteiger partial charge in [0.2, 0.25) is 0 Å². The van der Waals surface area contributed by atoms with E-state index in [1.165, 1.54) is 0 Å². The topological polar surface area (TPSA) is 12.5 Å². The minimum atomic E-state index is 0.343. The van der Waals surface area contributed by atoms with E-state index in [1.54, 1.807) is 0 Å². The molecule has 2 heteroatoms. The highest BCUT2D eigenvalue weighted by molar-refractivity contribution is 4.54. The summed E-state index contributed by atoms with van der Waals surface area (Å²) in [6.45, 7) is 7.22. The van der Waals surface area contributed by atoms with Crippen molar-refractivity contribution in [2.24, 2.45) is 0 Å². The fraction of sp³-hybridized carbons (Fsp3) is 1.00. The minimum Gasteiger partial charge on any atom is -0.375 e. The third kappa shape index (κ3) is 6.05. The van der Waals surface area contributed by atoms with Crippen LogP contribution < -0.4 is 0 Å². The second kappa shape index (κ2) is 4.69. The van der Waals surface area contributed by atoms with Crippen molar-refractivity contribution in [1.82, 2.24) is 4.90 Å². The Morgan fingerprint density at radius 1 is 1.20 bits per heavy atom. The summed E-state index contributed by atoms with van der Waals surface area (Å²) in [5.41, 5.74) is 0. The van der Waals surface area contributed by atoms with Gasteiger partial charge in [-0.15, -0.1) is 0 Å². The largest absolute Gasteiger partial charge is 0.375 e. The maximum atomic E-state index is 5.52. The molecule has 62 valence electrons. The number of ether oxygens (including phenoxy) is 1. The van der Waals surface area contributed by atoms with E-state index in [9.17, 15) is 0 Å². The summed E-state index contributed by atoms with van der Waals surface area (Å²) in [4.78, 5) is 2.13. The van der Waals surface area contributed by atoms with Gasteiger partial charge in [0.1, 0.15) is 0 Å². The monoisotopic (exact) mass is 145 g/mol. The third-order valence-electron chi connectivity index (χ3n) is 1.13. The van der Waals surface area contributed by atoms with Gasteiger partial charge >= 0.3 is 0 Å². The molecule has 0 amide bonds. The summed E-state index contributed by atoms with van der Waals surface area (Å²) in [7, 11) is 4.11. The van der Waals surface area contributed by atoms with E-state index in [1.807, 2.05) is 0 Å². The molecule has 0 saturated heterocycles. The van der Waals surface area contributed by atoms with Crippen LogP contribution in [0.4, 0.5) is 0 Å². The molecule has 0 aliphatic heterocycles. The van der Waals surface area contributed by atoms with Crippen molar-refractivity contribution in [3.05, 3.63) is 0 Å². The zero-order chi connectivity index (χ0) is 8.15. The van der Waals surface area contributed by atoms with Gasteiger partial charge in [-0.25, -0.2) is 0 Å². The molecule has 0 unspecified atom stereocenters. The molecule has 0 rings (SSSR count). The Bertz CT molecular complexity index is 71.3. The quantitative estimate of drug-likeness (QED) is 0.592. The average molecular weight is 145 g/mol. The lowest BCUT2D eigenvalue weighted by atomic mass is 10.3. The van der Waals surface area contributed by atoms with Crippen LogP contribution in [0.1, 0.15) is 20.8 Å². The fourth-order valence-corrected chi connectivity index (χ4v) is 1.02. The molecule has 0 N–H and O–H groups in total. The summed E-state index contributed by atoms with van der Waals surface area (Å²) in [6.07, 6.45) is 0.685. The summed E-state index contributed by atoms with van der Waals surface area (Å²) in [5.74, 6) is 0. The van der Waals surface area contributed by atoms with Gasteiger partial charge in [-0.3, -0.25) is 0 Å². The molecule has 0 aliphatic rings. The van der Waals surface area contributed by atoms with E-state index in [-0.39, 0.29) is 0 Å². The SMILES string of the molecule is CC(C)O[C@@H](C)CN(C)C. The molecule has 0 spiro atoms. The van der Waals surface area contributed by atoms with Crippen molar-refractivity contribution >= 4 is 0 Å². The van der Waals surface area contributed by atoms with Gasteiger partial charge in [0.15, 0.2) is 0 Å².